The molecular weight excluding hydrogens is 416 g/mol. The van der Waals surface area contributed by atoms with Gasteiger partial charge in [0.25, 0.3) is 5.91 Å². The Morgan fingerprint density at radius 2 is 1.83 bits per heavy atom. The average Bonchev–Trinajstić information content (AvgIpc) is 2.69. The Balaban J connectivity index is 1.83. The molecule has 2 fully saturated rings. The number of hydrogen-bond acceptors (Lipinski definition) is 4. The first-order valence-electron chi connectivity index (χ1n) is 9.64. The van der Waals surface area contributed by atoms with Crippen LogP contribution >= 0.6 is 11.6 Å². The number of benzene rings is 1. The molecule has 0 atom stereocenters. The molecule has 1 aliphatic carbocycles. The number of ether oxygens (including phenoxy) is 1. The minimum atomic E-state index is -3.05. The van der Waals surface area contributed by atoms with Gasteiger partial charge in [-0.15, -0.1) is 5.92 Å². The number of carbonyl (C=O) groups is 3. The smallest absolute Gasteiger partial charge is 0.315 e. The Hall–Kier alpha value is -2.46. The number of methoxy groups -OCH3 is 1. The second-order valence-corrected chi connectivity index (χ2v) is 8.20. The summed E-state index contributed by atoms with van der Waals surface area (Å²) >= 11 is 6.41. The van der Waals surface area contributed by atoms with E-state index in [0.29, 0.717) is 29.7 Å². The van der Waals surface area contributed by atoms with E-state index in [9.17, 15) is 23.2 Å². The van der Waals surface area contributed by atoms with Crippen molar-refractivity contribution in [1.29, 1.82) is 0 Å². The monoisotopic (exact) mass is 437 g/mol. The van der Waals surface area contributed by atoms with E-state index in [1.807, 2.05) is 0 Å². The summed E-state index contributed by atoms with van der Waals surface area (Å²) in [7, 11) is 1.44. The number of amides is 1. The molecule has 2 aliphatic rings. The van der Waals surface area contributed by atoms with Crippen LogP contribution in [0.5, 0.6) is 5.75 Å². The van der Waals surface area contributed by atoms with E-state index >= 15 is 0 Å². The Bertz CT molecular complexity index is 922. The molecular formula is C22H22ClF2NO4. The van der Waals surface area contributed by atoms with Gasteiger partial charge in [-0.25, -0.2) is 0 Å². The lowest BCUT2D eigenvalue weighted by Crippen LogP contribution is -2.49. The molecule has 0 aromatic heterocycles. The van der Waals surface area contributed by atoms with Crippen molar-refractivity contribution >= 4 is 29.1 Å². The molecule has 8 heteroatoms. The number of piperidine rings is 1. The van der Waals surface area contributed by atoms with Crippen LogP contribution in [0.15, 0.2) is 12.1 Å². The van der Waals surface area contributed by atoms with Crippen molar-refractivity contribution in [2.75, 3.05) is 20.2 Å². The first-order valence-corrected chi connectivity index (χ1v) is 10.0. The van der Waals surface area contributed by atoms with Crippen LogP contribution in [0.1, 0.15) is 49.7 Å². The number of carbonyl (C=O) groups excluding carboxylic acids is 3. The number of alkyl halides is 2. The van der Waals surface area contributed by atoms with Gasteiger partial charge in [0, 0.05) is 42.1 Å². The second-order valence-electron chi connectivity index (χ2n) is 7.79. The van der Waals surface area contributed by atoms with E-state index < -0.39 is 23.7 Å². The number of Topliss-reactive ketones (excluding diaryl/α,β-unsaturated/α-hetero) is 2. The number of halogens is 3. The van der Waals surface area contributed by atoms with Crippen molar-refractivity contribution in [1.82, 2.24) is 4.90 Å². The highest BCUT2D eigenvalue weighted by Crippen LogP contribution is 2.48. The fourth-order valence-electron chi connectivity index (χ4n) is 4.46. The van der Waals surface area contributed by atoms with Gasteiger partial charge in [-0.05, 0) is 37.3 Å². The van der Waals surface area contributed by atoms with Crippen LogP contribution in [0.2, 0.25) is 5.02 Å². The zero-order valence-electron chi connectivity index (χ0n) is 16.8. The van der Waals surface area contributed by atoms with Crippen LogP contribution in [0.4, 0.5) is 8.78 Å². The molecule has 1 spiro atoms. The fraction of sp³-hybridized carbons (Fsp3) is 0.500. The molecule has 0 radical (unpaired) electrons. The van der Waals surface area contributed by atoms with Crippen molar-refractivity contribution < 1.29 is 27.9 Å². The quantitative estimate of drug-likeness (QED) is 0.535. The summed E-state index contributed by atoms with van der Waals surface area (Å²) < 4.78 is 30.7. The van der Waals surface area contributed by atoms with Crippen molar-refractivity contribution in [2.45, 2.75) is 45.0 Å². The lowest BCUT2D eigenvalue weighted by Gasteiger charge is -2.44. The topological polar surface area (TPSA) is 63.7 Å². The van der Waals surface area contributed by atoms with Gasteiger partial charge in [-0.2, -0.15) is 8.78 Å². The van der Waals surface area contributed by atoms with Crippen LogP contribution < -0.4 is 4.74 Å². The first-order chi connectivity index (χ1) is 14.2. The zero-order valence-corrected chi connectivity index (χ0v) is 17.5. The summed E-state index contributed by atoms with van der Waals surface area (Å²) in [4.78, 5) is 38.8. The van der Waals surface area contributed by atoms with Gasteiger partial charge in [0.15, 0.2) is 0 Å². The van der Waals surface area contributed by atoms with Crippen LogP contribution in [0.25, 0.3) is 0 Å². The third-order valence-corrected chi connectivity index (χ3v) is 6.25. The van der Waals surface area contributed by atoms with Crippen LogP contribution in [0, 0.1) is 17.3 Å². The van der Waals surface area contributed by atoms with Gasteiger partial charge in [0.1, 0.15) is 23.2 Å². The molecule has 1 saturated heterocycles. The predicted molar refractivity (Wildman–Crippen MR) is 107 cm³/mol. The van der Waals surface area contributed by atoms with E-state index in [4.69, 9.17) is 16.3 Å². The maximum absolute atomic E-state index is 13.1. The minimum Gasteiger partial charge on any atom is -0.496 e. The second kappa shape index (κ2) is 8.73. The summed E-state index contributed by atoms with van der Waals surface area (Å²) in [6.45, 7) is 1.91. The van der Waals surface area contributed by atoms with Gasteiger partial charge in [0.05, 0.1) is 7.11 Å². The molecule has 1 aromatic carbocycles. The maximum Gasteiger partial charge on any atom is 0.315 e. The maximum atomic E-state index is 13.1. The summed E-state index contributed by atoms with van der Waals surface area (Å²) in [5, 5.41) is 0.243. The molecule has 160 valence electrons. The van der Waals surface area contributed by atoms with Gasteiger partial charge in [-0.3, -0.25) is 14.4 Å². The van der Waals surface area contributed by atoms with Gasteiger partial charge >= 0.3 is 6.43 Å². The summed E-state index contributed by atoms with van der Waals surface area (Å²) in [5.41, 5.74) is 0.360. The van der Waals surface area contributed by atoms with E-state index in [1.54, 1.807) is 19.1 Å². The summed E-state index contributed by atoms with van der Waals surface area (Å²) in [5.74, 6) is 3.20. The number of rotatable bonds is 3. The third kappa shape index (κ3) is 4.20. The molecule has 1 aromatic rings. The molecule has 5 nitrogen and oxygen atoms in total. The molecule has 30 heavy (non-hydrogen) atoms. The highest BCUT2D eigenvalue weighted by atomic mass is 35.5. The van der Waals surface area contributed by atoms with Crippen LogP contribution in [-0.4, -0.2) is 49.0 Å². The van der Waals surface area contributed by atoms with Crippen LogP contribution in [0.3, 0.4) is 0 Å². The summed E-state index contributed by atoms with van der Waals surface area (Å²) in [6.07, 6.45) is -2.10. The van der Waals surface area contributed by atoms with Crippen LogP contribution in [-0.2, 0) is 14.4 Å². The molecule has 1 heterocycles. The highest BCUT2D eigenvalue weighted by Gasteiger charge is 2.48. The Labute approximate surface area is 178 Å². The summed E-state index contributed by atoms with van der Waals surface area (Å²) in [6, 6.07) is 3.26. The van der Waals surface area contributed by atoms with Crippen molar-refractivity contribution in [3.63, 3.8) is 0 Å². The lowest BCUT2D eigenvalue weighted by molar-refractivity contribution is -0.147. The largest absolute Gasteiger partial charge is 0.496 e. The number of ketones is 2. The Kier molecular flexibility index (Phi) is 6.47. The molecule has 0 unspecified atom stereocenters. The fourth-order valence-corrected chi connectivity index (χ4v) is 4.78. The van der Waals surface area contributed by atoms with E-state index in [2.05, 4.69) is 11.8 Å². The van der Waals surface area contributed by atoms with Crippen molar-refractivity contribution in [3.05, 3.63) is 28.3 Å². The Morgan fingerprint density at radius 3 is 2.33 bits per heavy atom. The minimum absolute atomic E-state index is 0.114. The SMILES string of the molecule is CC#Cc1cc(Cl)c(C2C(=O)CC3(CCN(C(=O)C(F)F)CC3)CC2=O)c(OC)c1. The third-order valence-electron chi connectivity index (χ3n) is 5.93. The highest BCUT2D eigenvalue weighted by molar-refractivity contribution is 6.32. The molecule has 0 N–H and O–H groups in total. The van der Waals surface area contributed by atoms with Crippen molar-refractivity contribution in [2.24, 2.45) is 5.41 Å². The van der Waals surface area contributed by atoms with E-state index in [-0.39, 0.29) is 42.5 Å². The molecule has 1 saturated carbocycles. The van der Waals surface area contributed by atoms with E-state index in [1.165, 1.54) is 7.11 Å². The van der Waals surface area contributed by atoms with Gasteiger partial charge < -0.3 is 9.64 Å². The van der Waals surface area contributed by atoms with E-state index in [0.717, 1.165) is 4.90 Å². The number of hydrogen-bond donors (Lipinski definition) is 0. The predicted octanol–water partition coefficient (Wildman–Crippen LogP) is 3.61. The normalized spacial score (nSPS) is 19.1. The zero-order chi connectivity index (χ0) is 22.1. The van der Waals surface area contributed by atoms with Crippen molar-refractivity contribution in [3.8, 4) is 17.6 Å². The standard InChI is InChI=1S/C22H22ClF2NO4/c1-3-4-13-9-14(23)18(17(10-13)30-2)19-15(27)11-22(12-16(19)28)5-7-26(8-6-22)21(29)20(24)25/h9-10,19-20H,5-8,11-12H2,1-2H3. The van der Waals surface area contributed by atoms with Gasteiger partial charge in [0.2, 0.25) is 0 Å². The Morgan fingerprint density at radius 1 is 1.23 bits per heavy atom. The average molecular weight is 438 g/mol. The first kappa shape index (κ1) is 22.2. The number of likely N-dealkylation sites (tertiary alicyclic amines) is 1. The number of nitrogens with zero attached hydrogens (tertiary/aromatic N) is 1. The molecule has 1 aliphatic heterocycles. The molecule has 3 rings (SSSR count). The van der Waals surface area contributed by atoms with Gasteiger partial charge in [-0.1, -0.05) is 17.5 Å². The molecule has 1 amide bonds. The molecule has 0 bridgehead atoms. The lowest BCUT2D eigenvalue weighted by atomic mass is 9.63.